The van der Waals surface area contributed by atoms with Crippen LogP contribution >= 0.6 is 0 Å². The molecule has 0 spiro atoms. The Morgan fingerprint density at radius 1 is 1.12 bits per heavy atom. The SMILES string of the molecule is CCOc1ccc(C(F)(F)F)cc1NC(=O)c1ccc(OC)cc1. The summed E-state index contributed by atoms with van der Waals surface area (Å²) in [5, 5.41) is 2.46. The number of benzene rings is 2. The van der Waals surface area contributed by atoms with E-state index in [0.29, 0.717) is 5.75 Å². The van der Waals surface area contributed by atoms with Crippen molar-refractivity contribution >= 4 is 11.6 Å². The number of anilines is 1. The maximum atomic E-state index is 12.9. The van der Waals surface area contributed by atoms with E-state index >= 15 is 0 Å². The Kier molecular flexibility index (Phi) is 5.33. The zero-order chi connectivity index (χ0) is 17.7. The van der Waals surface area contributed by atoms with Gasteiger partial charge < -0.3 is 14.8 Å². The summed E-state index contributed by atoms with van der Waals surface area (Å²) in [6, 6.07) is 9.16. The van der Waals surface area contributed by atoms with Gasteiger partial charge in [0.2, 0.25) is 0 Å². The second kappa shape index (κ2) is 7.25. The molecule has 0 saturated heterocycles. The number of halogens is 3. The smallest absolute Gasteiger partial charge is 0.416 e. The fourth-order valence-electron chi connectivity index (χ4n) is 2.02. The second-order valence-electron chi connectivity index (χ2n) is 4.82. The average molecular weight is 339 g/mol. The predicted molar refractivity (Wildman–Crippen MR) is 83.6 cm³/mol. The van der Waals surface area contributed by atoms with E-state index in [-0.39, 0.29) is 23.6 Å². The van der Waals surface area contributed by atoms with E-state index in [1.807, 2.05) is 0 Å². The molecule has 2 aromatic carbocycles. The number of rotatable bonds is 5. The number of hydrogen-bond acceptors (Lipinski definition) is 3. The van der Waals surface area contributed by atoms with E-state index in [0.717, 1.165) is 12.1 Å². The summed E-state index contributed by atoms with van der Waals surface area (Å²) in [4.78, 5) is 12.2. The van der Waals surface area contributed by atoms with Crippen LogP contribution < -0.4 is 14.8 Å². The molecule has 0 aliphatic heterocycles. The summed E-state index contributed by atoms with van der Waals surface area (Å²) in [5.74, 6) is 0.200. The molecule has 128 valence electrons. The molecule has 24 heavy (non-hydrogen) atoms. The number of amides is 1. The van der Waals surface area contributed by atoms with Crippen molar-refractivity contribution in [2.75, 3.05) is 19.0 Å². The van der Waals surface area contributed by atoms with Gasteiger partial charge in [0, 0.05) is 5.56 Å². The highest BCUT2D eigenvalue weighted by Crippen LogP contribution is 2.35. The topological polar surface area (TPSA) is 47.6 Å². The van der Waals surface area contributed by atoms with Gasteiger partial charge in [-0.15, -0.1) is 0 Å². The molecule has 1 N–H and O–H groups in total. The zero-order valence-corrected chi connectivity index (χ0v) is 13.1. The van der Waals surface area contributed by atoms with Gasteiger partial charge in [-0.2, -0.15) is 13.2 Å². The van der Waals surface area contributed by atoms with Gasteiger partial charge >= 0.3 is 6.18 Å². The van der Waals surface area contributed by atoms with Gasteiger partial charge in [-0.25, -0.2) is 0 Å². The van der Waals surface area contributed by atoms with Crippen molar-refractivity contribution in [2.45, 2.75) is 13.1 Å². The molecule has 4 nitrogen and oxygen atoms in total. The lowest BCUT2D eigenvalue weighted by Crippen LogP contribution is -2.14. The third-order valence-electron chi connectivity index (χ3n) is 3.21. The molecule has 2 rings (SSSR count). The standard InChI is InChI=1S/C17H16F3NO3/c1-3-24-15-9-6-12(17(18,19)20)10-14(15)21-16(22)11-4-7-13(23-2)8-5-11/h4-10H,3H2,1-2H3,(H,21,22). The number of ether oxygens (including phenoxy) is 2. The molecule has 0 aromatic heterocycles. The first-order valence-corrected chi connectivity index (χ1v) is 7.14. The summed E-state index contributed by atoms with van der Waals surface area (Å²) >= 11 is 0. The Bertz CT molecular complexity index is 712. The third-order valence-corrected chi connectivity index (χ3v) is 3.21. The van der Waals surface area contributed by atoms with E-state index in [9.17, 15) is 18.0 Å². The number of nitrogens with one attached hydrogen (secondary N) is 1. The van der Waals surface area contributed by atoms with Crippen LogP contribution in [0.1, 0.15) is 22.8 Å². The highest BCUT2D eigenvalue weighted by molar-refractivity contribution is 6.05. The first kappa shape index (κ1) is 17.7. The Labute approximate surface area is 137 Å². The van der Waals surface area contributed by atoms with Crippen molar-refractivity contribution < 1.29 is 27.4 Å². The van der Waals surface area contributed by atoms with Crippen LogP contribution in [0.2, 0.25) is 0 Å². The predicted octanol–water partition coefficient (Wildman–Crippen LogP) is 4.37. The summed E-state index contributed by atoms with van der Waals surface area (Å²) in [6.45, 7) is 1.96. The van der Waals surface area contributed by atoms with Crippen LogP contribution in [-0.4, -0.2) is 19.6 Å². The molecule has 0 radical (unpaired) electrons. The minimum Gasteiger partial charge on any atom is -0.497 e. The minimum atomic E-state index is -4.51. The van der Waals surface area contributed by atoms with Crippen LogP contribution in [0, 0.1) is 0 Å². The number of hydrogen-bond donors (Lipinski definition) is 1. The molecular formula is C17H16F3NO3. The third kappa shape index (κ3) is 4.18. The van der Waals surface area contributed by atoms with Gasteiger partial charge in [-0.3, -0.25) is 4.79 Å². The molecule has 0 heterocycles. The maximum absolute atomic E-state index is 12.9. The van der Waals surface area contributed by atoms with Crippen molar-refractivity contribution in [3.05, 3.63) is 53.6 Å². The Morgan fingerprint density at radius 3 is 2.33 bits per heavy atom. The number of carbonyl (C=O) groups excluding carboxylic acids is 1. The Hall–Kier alpha value is -2.70. The van der Waals surface area contributed by atoms with Crippen LogP contribution in [0.5, 0.6) is 11.5 Å². The molecule has 0 atom stereocenters. The summed E-state index contributed by atoms with van der Waals surface area (Å²) < 4.78 is 48.9. The molecule has 1 amide bonds. The molecule has 7 heteroatoms. The van der Waals surface area contributed by atoms with Gasteiger partial charge in [-0.1, -0.05) is 0 Å². The molecule has 0 bridgehead atoms. The van der Waals surface area contributed by atoms with E-state index < -0.39 is 17.6 Å². The van der Waals surface area contributed by atoms with Gasteiger partial charge in [0.25, 0.3) is 5.91 Å². The van der Waals surface area contributed by atoms with Gasteiger partial charge in [0.05, 0.1) is 25.0 Å². The molecule has 0 unspecified atom stereocenters. The lowest BCUT2D eigenvalue weighted by molar-refractivity contribution is -0.137. The minimum absolute atomic E-state index is 0.0347. The van der Waals surface area contributed by atoms with E-state index in [4.69, 9.17) is 9.47 Å². The summed E-state index contributed by atoms with van der Waals surface area (Å²) in [5.41, 5.74) is -0.612. The Balaban J connectivity index is 2.29. The first-order chi connectivity index (χ1) is 11.3. The quantitative estimate of drug-likeness (QED) is 0.880. The number of alkyl halides is 3. The van der Waals surface area contributed by atoms with Gasteiger partial charge in [0.15, 0.2) is 0 Å². The Morgan fingerprint density at radius 2 is 1.79 bits per heavy atom. The number of methoxy groups -OCH3 is 1. The van der Waals surface area contributed by atoms with Crippen molar-refractivity contribution in [3.63, 3.8) is 0 Å². The molecule has 2 aromatic rings. The molecular weight excluding hydrogens is 323 g/mol. The molecule has 0 saturated carbocycles. The fraction of sp³-hybridized carbons (Fsp3) is 0.235. The van der Waals surface area contributed by atoms with E-state index in [1.54, 1.807) is 19.1 Å². The van der Waals surface area contributed by atoms with Crippen LogP contribution in [0.3, 0.4) is 0 Å². The van der Waals surface area contributed by atoms with Crippen molar-refractivity contribution in [1.82, 2.24) is 0 Å². The van der Waals surface area contributed by atoms with Crippen molar-refractivity contribution in [1.29, 1.82) is 0 Å². The lowest BCUT2D eigenvalue weighted by atomic mass is 10.1. The van der Waals surface area contributed by atoms with Crippen LogP contribution in [0.15, 0.2) is 42.5 Å². The van der Waals surface area contributed by atoms with Crippen LogP contribution in [-0.2, 0) is 6.18 Å². The molecule has 0 aliphatic rings. The first-order valence-electron chi connectivity index (χ1n) is 7.14. The maximum Gasteiger partial charge on any atom is 0.416 e. The zero-order valence-electron chi connectivity index (χ0n) is 13.1. The average Bonchev–Trinajstić information content (AvgIpc) is 2.55. The highest BCUT2D eigenvalue weighted by atomic mass is 19.4. The fourth-order valence-corrected chi connectivity index (χ4v) is 2.02. The second-order valence-corrected chi connectivity index (χ2v) is 4.82. The van der Waals surface area contributed by atoms with Crippen LogP contribution in [0.4, 0.5) is 18.9 Å². The highest BCUT2D eigenvalue weighted by Gasteiger charge is 2.31. The normalized spacial score (nSPS) is 11.0. The van der Waals surface area contributed by atoms with Crippen LogP contribution in [0.25, 0.3) is 0 Å². The van der Waals surface area contributed by atoms with Crippen molar-refractivity contribution in [2.24, 2.45) is 0 Å². The summed E-state index contributed by atoms with van der Waals surface area (Å²) in [6.07, 6.45) is -4.51. The number of carbonyl (C=O) groups is 1. The lowest BCUT2D eigenvalue weighted by Gasteiger charge is -2.14. The largest absolute Gasteiger partial charge is 0.497 e. The van der Waals surface area contributed by atoms with E-state index in [2.05, 4.69) is 5.32 Å². The monoisotopic (exact) mass is 339 g/mol. The molecule has 0 aliphatic carbocycles. The van der Waals surface area contributed by atoms with Gasteiger partial charge in [0.1, 0.15) is 11.5 Å². The van der Waals surface area contributed by atoms with Crippen molar-refractivity contribution in [3.8, 4) is 11.5 Å². The van der Waals surface area contributed by atoms with Gasteiger partial charge in [-0.05, 0) is 49.4 Å². The summed E-state index contributed by atoms with van der Waals surface area (Å²) in [7, 11) is 1.49. The van der Waals surface area contributed by atoms with E-state index in [1.165, 1.54) is 25.3 Å². The molecule has 0 fully saturated rings.